The van der Waals surface area contributed by atoms with E-state index in [1.165, 1.54) is 0 Å². The van der Waals surface area contributed by atoms with E-state index < -0.39 is 0 Å². The third-order valence-electron chi connectivity index (χ3n) is 4.62. The summed E-state index contributed by atoms with van der Waals surface area (Å²) < 4.78 is 6.30. The van der Waals surface area contributed by atoms with E-state index in [9.17, 15) is 0 Å². The van der Waals surface area contributed by atoms with E-state index in [0.717, 1.165) is 12.1 Å². The lowest BCUT2D eigenvalue weighted by Crippen LogP contribution is -2.61. The molecule has 0 saturated carbocycles. The molecule has 1 unspecified atom stereocenters. The molecular weight excluding hydrogens is 286 g/mol. The first-order chi connectivity index (χ1) is 9.69. The van der Waals surface area contributed by atoms with E-state index in [1.54, 1.807) is 0 Å². The predicted octanol–water partition coefficient (Wildman–Crippen LogP) is 3.19. The van der Waals surface area contributed by atoms with Crippen LogP contribution in [0.1, 0.15) is 34.1 Å². The zero-order valence-electron chi connectivity index (χ0n) is 13.0. The Morgan fingerprint density at radius 1 is 1.24 bits per heavy atom. The molecule has 114 valence electrons. The average molecular weight is 308 g/mol. The molecule has 2 aliphatic heterocycles. The minimum absolute atomic E-state index is 0.219. The maximum absolute atomic E-state index is 6.40. The van der Waals surface area contributed by atoms with Crippen molar-refractivity contribution in [3.05, 3.63) is 29.3 Å². The van der Waals surface area contributed by atoms with Crippen molar-refractivity contribution in [3.63, 3.8) is 0 Å². The molecule has 1 spiro atoms. The average Bonchev–Trinajstić information content (AvgIpc) is 2.76. The van der Waals surface area contributed by atoms with Gasteiger partial charge in [-0.25, -0.2) is 0 Å². The van der Waals surface area contributed by atoms with Crippen LogP contribution in [0.25, 0.3) is 0 Å². The van der Waals surface area contributed by atoms with Gasteiger partial charge >= 0.3 is 0 Å². The van der Waals surface area contributed by atoms with Gasteiger partial charge in [-0.05, 0) is 39.8 Å². The molecule has 3 rings (SSSR count). The van der Waals surface area contributed by atoms with Crippen molar-refractivity contribution in [3.8, 4) is 0 Å². The van der Waals surface area contributed by atoms with Crippen molar-refractivity contribution in [1.29, 1.82) is 0 Å². The molecule has 1 aromatic rings. The highest BCUT2D eigenvalue weighted by molar-refractivity contribution is 6.34. The van der Waals surface area contributed by atoms with Crippen molar-refractivity contribution >= 4 is 23.2 Å². The first-order valence-corrected chi connectivity index (χ1v) is 7.61. The van der Waals surface area contributed by atoms with Crippen LogP contribution in [0.3, 0.4) is 0 Å². The Morgan fingerprint density at radius 2 is 1.90 bits per heavy atom. The van der Waals surface area contributed by atoms with Gasteiger partial charge < -0.3 is 15.4 Å². The van der Waals surface area contributed by atoms with Gasteiger partial charge in [0, 0.05) is 6.42 Å². The van der Waals surface area contributed by atoms with Crippen LogP contribution in [0.15, 0.2) is 29.3 Å². The summed E-state index contributed by atoms with van der Waals surface area (Å²) in [6, 6.07) is 7.75. The number of aliphatic imine (C=N–C) groups is 1. The molecule has 0 bridgehead atoms. The van der Waals surface area contributed by atoms with Crippen molar-refractivity contribution in [2.75, 3.05) is 11.4 Å². The number of anilines is 1. The second-order valence-corrected chi connectivity index (χ2v) is 7.45. The number of hydrogen-bond acceptors (Lipinski definition) is 4. The number of nitrogens with zero attached hydrogens (tertiary/aromatic N) is 2. The van der Waals surface area contributed by atoms with E-state index in [-0.39, 0.29) is 16.7 Å². The lowest BCUT2D eigenvalue weighted by molar-refractivity contribution is -0.0764. The molecule has 0 amide bonds. The SMILES string of the molecule is CC1(C)CC2(CN=C(N)N2c2ccccc2Cl)C(C)(C)O1. The Hall–Kier alpha value is -1.26. The third kappa shape index (κ3) is 2.04. The molecule has 0 radical (unpaired) electrons. The Kier molecular flexibility index (Phi) is 3.05. The van der Waals surface area contributed by atoms with Gasteiger partial charge in [0.15, 0.2) is 5.96 Å². The standard InChI is InChI=1S/C16H22ClN3O/c1-14(2)9-16(15(3,4)21-14)10-19-13(18)20(16)12-8-6-5-7-11(12)17/h5-8H,9-10H2,1-4H3,(H2,18,19). The number of rotatable bonds is 1. The van der Waals surface area contributed by atoms with Gasteiger partial charge in [0.25, 0.3) is 0 Å². The fourth-order valence-electron chi connectivity index (χ4n) is 3.89. The first-order valence-electron chi connectivity index (χ1n) is 7.23. The Labute approximate surface area is 130 Å². The topological polar surface area (TPSA) is 50.8 Å². The number of para-hydroxylation sites is 1. The minimum atomic E-state index is -0.375. The van der Waals surface area contributed by atoms with Crippen molar-refractivity contribution in [2.45, 2.75) is 50.9 Å². The van der Waals surface area contributed by atoms with Crippen LogP contribution in [0.5, 0.6) is 0 Å². The highest BCUT2D eigenvalue weighted by atomic mass is 35.5. The summed E-state index contributed by atoms with van der Waals surface area (Å²) in [7, 11) is 0. The highest BCUT2D eigenvalue weighted by Crippen LogP contribution is 2.52. The molecule has 1 saturated heterocycles. The van der Waals surface area contributed by atoms with Crippen LogP contribution in [0.2, 0.25) is 5.02 Å². The number of nitrogens with two attached hydrogens (primary N) is 1. The molecule has 0 aliphatic carbocycles. The number of ether oxygens (including phenoxy) is 1. The number of benzene rings is 1. The molecule has 1 aromatic carbocycles. The zero-order chi connectivity index (χ0) is 15.5. The maximum atomic E-state index is 6.40. The lowest BCUT2D eigenvalue weighted by atomic mass is 9.78. The third-order valence-corrected chi connectivity index (χ3v) is 4.94. The van der Waals surface area contributed by atoms with Gasteiger partial charge in [0.1, 0.15) is 0 Å². The Morgan fingerprint density at radius 3 is 2.48 bits per heavy atom. The van der Waals surface area contributed by atoms with Gasteiger partial charge in [-0.2, -0.15) is 0 Å². The summed E-state index contributed by atoms with van der Waals surface area (Å²) >= 11 is 6.40. The van der Waals surface area contributed by atoms with Crippen molar-refractivity contribution in [2.24, 2.45) is 10.7 Å². The smallest absolute Gasteiger partial charge is 0.196 e. The molecule has 1 fully saturated rings. The molecule has 21 heavy (non-hydrogen) atoms. The number of halogens is 1. The fraction of sp³-hybridized carbons (Fsp3) is 0.562. The molecule has 2 heterocycles. The summed E-state index contributed by atoms with van der Waals surface area (Å²) in [4.78, 5) is 6.59. The fourth-order valence-corrected chi connectivity index (χ4v) is 4.11. The van der Waals surface area contributed by atoms with E-state index in [1.807, 2.05) is 24.3 Å². The largest absolute Gasteiger partial charge is 0.369 e. The molecular formula is C16H22ClN3O. The Balaban J connectivity index is 2.14. The van der Waals surface area contributed by atoms with Gasteiger partial charge in [0.2, 0.25) is 0 Å². The first kappa shape index (κ1) is 14.7. The summed E-state index contributed by atoms with van der Waals surface area (Å²) in [6.07, 6.45) is 0.850. The van der Waals surface area contributed by atoms with Crippen LogP contribution >= 0.6 is 11.6 Å². The minimum Gasteiger partial charge on any atom is -0.369 e. The molecule has 4 nitrogen and oxygen atoms in total. The summed E-state index contributed by atoms with van der Waals surface area (Å²) in [5.41, 5.74) is 6.21. The van der Waals surface area contributed by atoms with E-state index in [2.05, 4.69) is 37.6 Å². The van der Waals surface area contributed by atoms with E-state index >= 15 is 0 Å². The second-order valence-electron chi connectivity index (χ2n) is 7.04. The molecule has 2 aliphatic rings. The van der Waals surface area contributed by atoms with Crippen LogP contribution in [0.4, 0.5) is 5.69 Å². The van der Waals surface area contributed by atoms with Crippen LogP contribution < -0.4 is 10.6 Å². The van der Waals surface area contributed by atoms with Crippen LogP contribution in [-0.4, -0.2) is 29.2 Å². The summed E-state index contributed by atoms with van der Waals surface area (Å²) in [6.45, 7) is 9.07. The zero-order valence-corrected chi connectivity index (χ0v) is 13.7. The van der Waals surface area contributed by atoms with Gasteiger partial charge in [-0.1, -0.05) is 23.7 Å². The summed E-state index contributed by atoms with van der Waals surface area (Å²) in [5.74, 6) is 0.512. The van der Waals surface area contributed by atoms with Gasteiger partial charge in [-0.15, -0.1) is 0 Å². The highest BCUT2D eigenvalue weighted by Gasteiger charge is 2.63. The molecule has 0 aromatic heterocycles. The van der Waals surface area contributed by atoms with Gasteiger partial charge in [0.05, 0.1) is 34.0 Å². The van der Waals surface area contributed by atoms with E-state index in [4.69, 9.17) is 22.1 Å². The quantitative estimate of drug-likeness (QED) is 0.867. The predicted molar refractivity (Wildman–Crippen MR) is 87.0 cm³/mol. The summed E-state index contributed by atoms with van der Waals surface area (Å²) in [5, 5.41) is 0.678. The second kappa shape index (κ2) is 4.37. The number of hydrogen-bond donors (Lipinski definition) is 1. The molecule has 1 atom stereocenters. The monoisotopic (exact) mass is 307 g/mol. The van der Waals surface area contributed by atoms with Gasteiger partial charge in [-0.3, -0.25) is 4.99 Å². The van der Waals surface area contributed by atoms with Crippen LogP contribution in [-0.2, 0) is 4.74 Å². The van der Waals surface area contributed by atoms with Crippen molar-refractivity contribution < 1.29 is 4.74 Å². The van der Waals surface area contributed by atoms with E-state index in [0.29, 0.717) is 17.5 Å². The van der Waals surface area contributed by atoms with Crippen molar-refractivity contribution in [1.82, 2.24) is 0 Å². The Bertz CT molecular complexity index is 611. The number of guanidine groups is 1. The lowest BCUT2D eigenvalue weighted by Gasteiger charge is -2.44. The maximum Gasteiger partial charge on any atom is 0.196 e. The molecule has 2 N–H and O–H groups in total. The molecule has 5 heteroatoms. The van der Waals surface area contributed by atoms with Crippen LogP contribution in [0, 0.1) is 0 Å². The normalized spacial score (nSPS) is 30.0.